The van der Waals surface area contributed by atoms with Gasteiger partial charge in [-0.2, -0.15) is 11.8 Å². The summed E-state index contributed by atoms with van der Waals surface area (Å²) in [6.07, 6.45) is 2.35. The molecule has 5 heteroatoms. The third-order valence-electron chi connectivity index (χ3n) is 4.01. The van der Waals surface area contributed by atoms with Crippen LogP contribution in [0.2, 0.25) is 0 Å². The first kappa shape index (κ1) is 18.7. The molecular formula is C18H28N2OS2. The Morgan fingerprint density at radius 1 is 1.35 bits per heavy atom. The number of carbonyl (C=O) groups is 1. The standard InChI is InChI=1S/C18H28N2OS2/c1-3-4-11-23-15(2)18(21)19-17-8-6-5-7-16(17)14-20-9-12-22-13-10-20/h5-8,15H,3-4,9-14H2,1-2H3,(H,19,21). The van der Waals surface area contributed by atoms with Crippen LogP contribution >= 0.6 is 23.5 Å². The number of nitrogens with one attached hydrogen (secondary N) is 1. The number of anilines is 1. The summed E-state index contributed by atoms with van der Waals surface area (Å²) in [6.45, 7) is 7.38. The fourth-order valence-corrected chi connectivity index (χ4v) is 4.49. The van der Waals surface area contributed by atoms with Crippen LogP contribution in [0.5, 0.6) is 0 Å². The van der Waals surface area contributed by atoms with Gasteiger partial charge in [0.25, 0.3) is 0 Å². The highest BCUT2D eigenvalue weighted by atomic mass is 32.2. The van der Waals surface area contributed by atoms with Gasteiger partial charge in [-0.25, -0.2) is 0 Å². The second-order valence-electron chi connectivity index (χ2n) is 5.90. The molecule has 1 aromatic carbocycles. The van der Waals surface area contributed by atoms with Gasteiger partial charge in [-0.1, -0.05) is 31.5 Å². The van der Waals surface area contributed by atoms with Crippen LogP contribution in [0, 0.1) is 0 Å². The van der Waals surface area contributed by atoms with Crippen molar-refractivity contribution in [2.24, 2.45) is 0 Å². The van der Waals surface area contributed by atoms with E-state index in [0.29, 0.717) is 0 Å². The topological polar surface area (TPSA) is 32.3 Å². The Bertz CT molecular complexity index is 490. The van der Waals surface area contributed by atoms with Gasteiger partial charge >= 0.3 is 0 Å². The molecule has 1 fully saturated rings. The van der Waals surface area contributed by atoms with Gasteiger partial charge in [0, 0.05) is 36.8 Å². The molecule has 0 spiro atoms. The van der Waals surface area contributed by atoms with Crippen LogP contribution < -0.4 is 5.32 Å². The molecule has 1 N–H and O–H groups in total. The summed E-state index contributed by atoms with van der Waals surface area (Å²) in [5.41, 5.74) is 2.19. The molecule has 0 bridgehead atoms. The molecule has 1 aliphatic heterocycles. The van der Waals surface area contributed by atoms with Crippen molar-refractivity contribution in [3.8, 4) is 0 Å². The third kappa shape index (κ3) is 6.40. The van der Waals surface area contributed by atoms with Crippen LogP contribution in [-0.2, 0) is 11.3 Å². The lowest BCUT2D eigenvalue weighted by molar-refractivity contribution is -0.115. The van der Waals surface area contributed by atoms with E-state index in [1.165, 1.54) is 29.9 Å². The number of hydrogen-bond acceptors (Lipinski definition) is 4. The maximum atomic E-state index is 12.4. The summed E-state index contributed by atoms with van der Waals surface area (Å²) < 4.78 is 0. The van der Waals surface area contributed by atoms with E-state index in [-0.39, 0.29) is 11.2 Å². The van der Waals surface area contributed by atoms with Gasteiger partial charge in [-0.3, -0.25) is 9.69 Å². The van der Waals surface area contributed by atoms with Crippen LogP contribution in [0.15, 0.2) is 24.3 Å². The van der Waals surface area contributed by atoms with E-state index >= 15 is 0 Å². The predicted octanol–water partition coefficient (Wildman–Crippen LogP) is 4.10. The van der Waals surface area contributed by atoms with E-state index in [9.17, 15) is 4.79 Å². The monoisotopic (exact) mass is 352 g/mol. The van der Waals surface area contributed by atoms with Crippen molar-refractivity contribution in [3.05, 3.63) is 29.8 Å². The van der Waals surface area contributed by atoms with Gasteiger partial charge in [-0.15, -0.1) is 11.8 Å². The second-order valence-corrected chi connectivity index (χ2v) is 8.57. The van der Waals surface area contributed by atoms with Gasteiger partial charge < -0.3 is 5.32 Å². The Morgan fingerprint density at radius 2 is 2.09 bits per heavy atom. The van der Waals surface area contributed by atoms with Crippen molar-refractivity contribution < 1.29 is 4.79 Å². The highest BCUT2D eigenvalue weighted by molar-refractivity contribution is 8.00. The maximum Gasteiger partial charge on any atom is 0.237 e. The summed E-state index contributed by atoms with van der Waals surface area (Å²) in [7, 11) is 0. The normalized spacial score (nSPS) is 17.0. The van der Waals surface area contributed by atoms with E-state index in [2.05, 4.69) is 29.3 Å². The van der Waals surface area contributed by atoms with Gasteiger partial charge in [0.2, 0.25) is 5.91 Å². The van der Waals surface area contributed by atoms with Crippen molar-refractivity contribution in [3.63, 3.8) is 0 Å². The zero-order valence-electron chi connectivity index (χ0n) is 14.2. The van der Waals surface area contributed by atoms with Crippen molar-refractivity contribution in [1.29, 1.82) is 0 Å². The number of thioether (sulfide) groups is 2. The Kier molecular flexibility index (Phi) is 8.34. The zero-order chi connectivity index (χ0) is 16.5. The van der Waals surface area contributed by atoms with Gasteiger partial charge in [-0.05, 0) is 30.7 Å². The molecule has 1 atom stereocenters. The minimum atomic E-state index is 0.000919. The van der Waals surface area contributed by atoms with Crippen LogP contribution in [-0.4, -0.2) is 46.4 Å². The van der Waals surface area contributed by atoms with Gasteiger partial charge in [0.05, 0.1) is 5.25 Å². The van der Waals surface area contributed by atoms with Crippen molar-refractivity contribution >= 4 is 35.1 Å². The SMILES string of the molecule is CCCCSC(C)C(=O)Nc1ccccc1CN1CCSCC1. The molecule has 0 aromatic heterocycles. The van der Waals surface area contributed by atoms with Crippen LogP contribution in [0.4, 0.5) is 5.69 Å². The molecule has 3 nitrogen and oxygen atoms in total. The minimum Gasteiger partial charge on any atom is -0.325 e. The third-order valence-corrected chi connectivity index (χ3v) is 6.19. The fourth-order valence-electron chi connectivity index (χ4n) is 2.49. The molecule has 1 aliphatic rings. The average Bonchev–Trinajstić information content (AvgIpc) is 2.57. The number of nitrogens with zero attached hydrogens (tertiary/aromatic N) is 1. The van der Waals surface area contributed by atoms with Gasteiger partial charge in [0.1, 0.15) is 0 Å². The summed E-state index contributed by atoms with van der Waals surface area (Å²) in [6, 6.07) is 8.21. The molecule has 1 aromatic rings. The number of carbonyl (C=O) groups excluding carboxylic acids is 1. The summed E-state index contributed by atoms with van der Waals surface area (Å²) >= 11 is 3.77. The average molecular weight is 353 g/mol. The van der Waals surface area contributed by atoms with Crippen molar-refractivity contribution in [2.75, 3.05) is 35.7 Å². The highest BCUT2D eigenvalue weighted by Gasteiger charge is 2.16. The zero-order valence-corrected chi connectivity index (χ0v) is 15.8. The number of benzene rings is 1. The Morgan fingerprint density at radius 3 is 2.83 bits per heavy atom. The summed E-state index contributed by atoms with van der Waals surface area (Å²) in [5, 5.41) is 3.14. The molecule has 2 rings (SSSR count). The smallest absolute Gasteiger partial charge is 0.237 e. The molecule has 0 saturated carbocycles. The minimum absolute atomic E-state index is 0.000919. The lowest BCUT2D eigenvalue weighted by Crippen LogP contribution is -2.32. The lowest BCUT2D eigenvalue weighted by atomic mass is 10.1. The summed E-state index contributed by atoms with van der Waals surface area (Å²) in [4.78, 5) is 14.9. The second kappa shape index (κ2) is 10.3. The molecule has 0 radical (unpaired) electrons. The van der Waals surface area contributed by atoms with E-state index in [4.69, 9.17) is 0 Å². The van der Waals surface area contributed by atoms with Crippen LogP contribution in [0.3, 0.4) is 0 Å². The number of rotatable bonds is 8. The first-order chi connectivity index (χ1) is 11.2. The predicted molar refractivity (Wildman–Crippen MR) is 105 cm³/mol. The van der Waals surface area contributed by atoms with E-state index in [1.807, 2.05) is 30.8 Å². The Hall–Kier alpha value is -0.650. The molecule has 128 valence electrons. The number of amides is 1. The molecule has 1 saturated heterocycles. The Labute approximate surface area is 149 Å². The van der Waals surface area contributed by atoms with Crippen LogP contribution in [0.1, 0.15) is 32.3 Å². The van der Waals surface area contributed by atoms with Crippen molar-refractivity contribution in [1.82, 2.24) is 4.90 Å². The first-order valence-electron chi connectivity index (χ1n) is 8.51. The number of para-hydroxylation sites is 1. The molecule has 0 aliphatic carbocycles. The fraction of sp³-hybridized carbons (Fsp3) is 0.611. The first-order valence-corrected chi connectivity index (χ1v) is 10.7. The number of unbranched alkanes of at least 4 members (excludes halogenated alkanes) is 1. The molecule has 1 heterocycles. The molecule has 23 heavy (non-hydrogen) atoms. The lowest BCUT2D eigenvalue weighted by Gasteiger charge is -2.27. The molecule has 1 amide bonds. The number of hydrogen-bond donors (Lipinski definition) is 1. The molecule has 1 unspecified atom stereocenters. The Balaban J connectivity index is 1.92. The van der Waals surface area contributed by atoms with E-state index in [1.54, 1.807) is 11.8 Å². The highest BCUT2D eigenvalue weighted by Crippen LogP contribution is 2.21. The largest absolute Gasteiger partial charge is 0.325 e. The van der Waals surface area contributed by atoms with Crippen LogP contribution in [0.25, 0.3) is 0 Å². The van der Waals surface area contributed by atoms with E-state index in [0.717, 1.165) is 31.1 Å². The van der Waals surface area contributed by atoms with Crippen molar-refractivity contribution in [2.45, 2.75) is 38.5 Å². The van der Waals surface area contributed by atoms with E-state index < -0.39 is 0 Å². The molecular weight excluding hydrogens is 324 g/mol. The van der Waals surface area contributed by atoms with Gasteiger partial charge in [0.15, 0.2) is 0 Å². The summed E-state index contributed by atoms with van der Waals surface area (Å²) in [5.74, 6) is 3.59. The maximum absolute atomic E-state index is 12.4. The quantitative estimate of drug-likeness (QED) is 0.714.